The normalized spacial score (nSPS) is 15.6. The second-order valence-corrected chi connectivity index (χ2v) is 10.8. The summed E-state index contributed by atoms with van der Waals surface area (Å²) in [7, 11) is 1.63. The number of imidazole rings is 1. The molecule has 0 radical (unpaired) electrons. The van der Waals surface area contributed by atoms with Crippen LogP contribution in [-0.4, -0.2) is 77.0 Å². The predicted molar refractivity (Wildman–Crippen MR) is 157 cm³/mol. The molecule has 1 saturated heterocycles. The van der Waals surface area contributed by atoms with Gasteiger partial charge in [0.2, 0.25) is 5.91 Å². The molecule has 10 heteroatoms. The van der Waals surface area contributed by atoms with Crippen LogP contribution in [0, 0.1) is 13.8 Å². The molecule has 4 heterocycles. The fourth-order valence-corrected chi connectivity index (χ4v) is 5.76. The summed E-state index contributed by atoms with van der Waals surface area (Å²) in [5.41, 5.74) is 6.00. The van der Waals surface area contributed by atoms with Crippen molar-refractivity contribution < 1.29 is 23.5 Å². The number of hydrogen-bond acceptors (Lipinski definition) is 8. The maximum Gasteiger partial charge on any atom is 0.223 e. The van der Waals surface area contributed by atoms with Gasteiger partial charge >= 0.3 is 0 Å². The van der Waals surface area contributed by atoms with Crippen LogP contribution < -0.4 is 9.47 Å². The van der Waals surface area contributed by atoms with Crippen LogP contribution in [0.1, 0.15) is 34.6 Å². The predicted octanol–water partition coefficient (Wildman–Crippen LogP) is 4.34. The van der Waals surface area contributed by atoms with Gasteiger partial charge in [0.25, 0.3) is 0 Å². The van der Waals surface area contributed by atoms with E-state index in [1.165, 1.54) is 5.56 Å². The highest BCUT2D eigenvalue weighted by Crippen LogP contribution is 2.33. The first-order valence-corrected chi connectivity index (χ1v) is 14.5. The summed E-state index contributed by atoms with van der Waals surface area (Å²) in [6.07, 6.45) is 4.72. The van der Waals surface area contributed by atoms with E-state index in [1.54, 1.807) is 7.11 Å². The van der Waals surface area contributed by atoms with Crippen molar-refractivity contribution in [1.82, 2.24) is 24.5 Å². The van der Waals surface area contributed by atoms with Crippen molar-refractivity contribution in [2.75, 3.05) is 46.6 Å². The van der Waals surface area contributed by atoms with Gasteiger partial charge in [0.1, 0.15) is 18.2 Å². The first-order valence-electron chi connectivity index (χ1n) is 14.5. The lowest BCUT2D eigenvalue weighted by Crippen LogP contribution is -2.36. The second kappa shape index (κ2) is 12.4. The molecule has 0 saturated carbocycles. The molecular weight excluding hydrogens is 534 g/mol. The molecule has 1 fully saturated rings. The maximum atomic E-state index is 13.7. The van der Waals surface area contributed by atoms with Crippen molar-refractivity contribution in [1.29, 1.82) is 0 Å². The van der Waals surface area contributed by atoms with Crippen molar-refractivity contribution in [3.63, 3.8) is 0 Å². The SMILES string of the molecule is COc1ccc2cc1OCCN(C(=O)CCc1c(C)noc1C)Cc1cc(CN3CCOCC3)cc(c1)-n1ccnc1-2. The number of hydrogen-bond donors (Lipinski definition) is 0. The van der Waals surface area contributed by atoms with E-state index in [-0.39, 0.29) is 5.91 Å². The van der Waals surface area contributed by atoms with Gasteiger partial charge in [-0.15, -0.1) is 0 Å². The fraction of sp³-hybridized carbons (Fsp3) is 0.406. The minimum absolute atomic E-state index is 0.0534. The van der Waals surface area contributed by atoms with Gasteiger partial charge in [0.05, 0.1) is 32.6 Å². The summed E-state index contributed by atoms with van der Waals surface area (Å²) in [4.78, 5) is 22.7. The van der Waals surface area contributed by atoms with E-state index in [4.69, 9.17) is 23.7 Å². The van der Waals surface area contributed by atoms with Crippen LogP contribution in [0.2, 0.25) is 0 Å². The highest BCUT2D eigenvalue weighted by Gasteiger charge is 2.21. The number of aryl methyl sites for hydroxylation is 2. The number of amides is 1. The molecule has 2 aliphatic rings. The van der Waals surface area contributed by atoms with Crippen LogP contribution >= 0.6 is 0 Å². The maximum absolute atomic E-state index is 13.7. The largest absolute Gasteiger partial charge is 0.493 e. The van der Waals surface area contributed by atoms with Gasteiger partial charge < -0.3 is 23.6 Å². The molecule has 0 N–H and O–H groups in total. The zero-order chi connectivity index (χ0) is 29.1. The number of nitrogens with zero attached hydrogens (tertiary/aromatic N) is 5. The number of methoxy groups -OCH3 is 1. The number of aromatic nitrogens is 3. The number of carbonyl (C=O) groups is 1. The molecule has 0 atom stereocenters. The number of carbonyl (C=O) groups excluding carboxylic acids is 1. The summed E-state index contributed by atoms with van der Waals surface area (Å²) in [5, 5.41) is 4.05. The Morgan fingerprint density at radius 2 is 1.90 bits per heavy atom. The average Bonchev–Trinajstić information content (AvgIpc) is 3.62. The van der Waals surface area contributed by atoms with Gasteiger partial charge in [-0.1, -0.05) is 11.2 Å². The number of benzene rings is 2. The molecule has 220 valence electrons. The summed E-state index contributed by atoms with van der Waals surface area (Å²) in [6, 6.07) is 12.4. The number of fused-ring (bicyclic) bond motifs is 7. The minimum atomic E-state index is 0.0534. The molecule has 4 aromatic rings. The van der Waals surface area contributed by atoms with Crippen LogP contribution in [0.3, 0.4) is 0 Å². The van der Waals surface area contributed by atoms with E-state index in [9.17, 15) is 4.79 Å². The van der Waals surface area contributed by atoms with Gasteiger partial charge in [-0.05, 0) is 61.7 Å². The van der Waals surface area contributed by atoms with E-state index in [2.05, 4.69) is 32.8 Å². The van der Waals surface area contributed by atoms with E-state index in [0.29, 0.717) is 44.0 Å². The summed E-state index contributed by atoms with van der Waals surface area (Å²) in [5.74, 6) is 2.88. The van der Waals surface area contributed by atoms with Crippen LogP contribution in [0.15, 0.2) is 53.3 Å². The zero-order valence-electron chi connectivity index (χ0n) is 24.5. The van der Waals surface area contributed by atoms with Crippen molar-refractivity contribution in [3.8, 4) is 28.6 Å². The van der Waals surface area contributed by atoms with Gasteiger partial charge in [-0.3, -0.25) is 14.3 Å². The third kappa shape index (κ3) is 6.05. The molecular formula is C32H37N5O5. The molecule has 0 spiro atoms. The zero-order valence-corrected chi connectivity index (χ0v) is 24.5. The first-order chi connectivity index (χ1) is 20.5. The van der Waals surface area contributed by atoms with E-state index >= 15 is 0 Å². The Hall–Kier alpha value is -4.15. The Morgan fingerprint density at radius 1 is 1.05 bits per heavy atom. The minimum Gasteiger partial charge on any atom is -0.493 e. The molecule has 2 aromatic heterocycles. The monoisotopic (exact) mass is 571 g/mol. The summed E-state index contributed by atoms with van der Waals surface area (Å²) >= 11 is 0. The molecule has 4 bridgehead atoms. The Morgan fingerprint density at radius 3 is 2.69 bits per heavy atom. The third-order valence-corrected chi connectivity index (χ3v) is 8.00. The standard InChI is InChI=1S/C32H37N5O5/c1-22-28(23(2)42-34-22)5-7-31(38)36-12-15-41-30-19-26(4-6-29(30)39-3)32-33-8-9-37(32)27-17-24(16-25(18-27)21-36)20-35-10-13-40-14-11-35/h4,6,8-9,16-19H,5,7,10-15,20-21H2,1-3H3. The quantitative estimate of drug-likeness (QED) is 0.337. The van der Waals surface area contributed by atoms with E-state index in [0.717, 1.165) is 72.5 Å². The van der Waals surface area contributed by atoms with E-state index in [1.807, 2.05) is 49.3 Å². The average molecular weight is 572 g/mol. The molecule has 0 unspecified atom stereocenters. The highest BCUT2D eigenvalue weighted by molar-refractivity contribution is 5.76. The summed E-state index contributed by atoms with van der Waals surface area (Å²) < 4.78 is 24.8. The summed E-state index contributed by atoms with van der Waals surface area (Å²) in [6.45, 7) is 9.11. The lowest BCUT2D eigenvalue weighted by Gasteiger charge is -2.27. The Kier molecular flexibility index (Phi) is 8.25. The molecule has 0 aliphatic carbocycles. The van der Waals surface area contributed by atoms with Gasteiger partial charge in [-0.25, -0.2) is 4.98 Å². The van der Waals surface area contributed by atoms with Crippen molar-refractivity contribution in [3.05, 3.63) is 76.9 Å². The Balaban J connectivity index is 1.37. The number of rotatable bonds is 6. The van der Waals surface area contributed by atoms with Crippen LogP contribution in [-0.2, 0) is 29.0 Å². The molecule has 10 nitrogen and oxygen atoms in total. The lowest BCUT2D eigenvalue weighted by atomic mass is 10.1. The van der Waals surface area contributed by atoms with Gasteiger partial charge in [0, 0.05) is 61.8 Å². The molecule has 42 heavy (non-hydrogen) atoms. The Labute approximate surface area is 245 Å². The van der Waals surface area contributed by atoms with Crippen LogP contribution in [0.5, 0.6) is 11.5 Å². The van der Waals surface area contributed by atoms with Gasteiger partial charge in [-0.2, -0.15) is 0 Å². The topological polar surface area (TPSA) is 95.1 Å². The highest BCUT2D eigenvalue weighted by atomic mass is 16.5. The number of morpholine rings is 1. The molecule has 2 aromatic carbocycles. The van der Waals surface area contributed by atoms with Gasteiger partial charge in [0.15, 0.2) is 11.5 Å². The van der Waals surface area contributed by atoms with Crippen LogP contribution in [0.25, 0.3) is 17.1 Å². The molecule has 6 rings (SSSR count). The van der Waals surface area contributed by atoms with E-state index < -0.39 is 0 Å². The first kappa shape index (κ1) is 28.0. The molecule has 2 aliphatic heterocycles. The van der Waals surface area contributed by atoms with Crippen molar-refractivity contribution in [2.45, 2.75) is 39.8 Å². The molecule has 1 amide bonds. The lowest BCUT2D eigenvalue weighted by molar-refractivity contribution is -0.132. The third-order valence-electron chi connectivity index (χ3n) is 8.00. The second-order valence-electron chi connectivity index (χ2n) is 10.8. The van der Waals surface area contributed by atoms with Crippen LogP contribution in [0.4, 0.5) is 0 Å². The van der Waals surface area contributed by atoms with Crippen molar-refractivity contribution >= 4 is 5.91 Å². The smallest absolute Gasteiger partial charge is 0.223 e. The fourth-order valence-electron chi connectivity index (χ4n) is 5.76. The number of ether oxygens (including phenoxy) is 3. The van der Waals surface area contributed by atoms with Crippen molar-refractivity contribution in [2.24, 2.45) is 0 Å². The Bertz CT molecular complexity index is 1540.